The zero-order valence-corrected chi connectivity index (χ0v) is 11.7. The number of phenols is 1. The van der Waals surface area contributed by atoms with E-state index in [1.54, 1.807) is 0 Å². The minimum Gasteiger partial charge on any atom is -0.504 e. The Morgan fingerprint density at radius 3 is 2.70 bits per heavy atom. The highest BCUT2D eigenvalue weighted by atomic mass is 16.7. The maximum Gasteiger partial charge on any atom is 0.272 e. The van der Waals surface area contributed by atoms with Crippen LogP contribution in [0, 0.1) is 0 Å². The molecule has 23 heavy (non-hydrogen) atoms. The molecular formula is C14H14N2O7. The molecule has 0 spiro atoms. The SMILES string of the molecule is NN1C(=O)c2c(cc3c(c2O)OCO3)C2=CC(O)C(O)C(O)C21. The predicted octanol–water partition coefficient (Wildman–Crippen LogP) is -1.70. The first kappa shape index (κ1) is 14.3. The van der Waals surface area contributed by atoms with Gasteiger partial charge in [-0.2, -0.15) is 0 Å². The zero-order chi connectivity index (χ0) is 16.5. The highest BCUT2D eigenvalue weighted by molar-refractivity contribution is 6.07. The third-order valence-corrected chi connectivity index (χ3v) is 4.39. The Morgan fingerprint density at radius 2 is 1.96 bits per heavy atom. The predicted molar refractivity (Wildman–Crippen MR) is 74.4 cm³/mol. The highest BCUT2D eigenvalue weighted by Gasteiger charge is 2.48. The van der Waals surface area contributed by atoms with Crippen molar-refractivity contribution >= 4 is 11.5 Å². The lowest BCUT2D eigenvalue weighted by molar-refractivity contribution is -0.0696. The van der Waals surface area contributed by atoms with Crippen molar-refractivity contribution in [3.8, 4) is 17.2 Å². The molecule has 0 radical (unpaired) electrons. The third kappa shape index (κ3) is 1.72. The summed E-state index contributed by atoms with van der Waals surface area (Å²) >= 11 is 0. The second kappa shape index (κ2) is 4.59. The summed E-state index contributed by atoms with van der Waals surface area (Å²) in [5, 5.41) is 40.9. The number of phenolic OH excluding ortho intramolecular Hbond substituents is 1. The number of fused-ring (bicyclic) bond motifs is 4. The first-order valence-electron chi connectivity index (χ1n) is 6.92. The lowest BCUT2D eigenvalue weighted by Crippen LogP contribution is -2.61. The van der Waals surface area contributed by atoms with Crippen LogP contribution in [0.1, 0.15) is 15.9 Å². The second-order valence-electron chi connectivity index (χ2n) is 5.63. The van der Waals surface area contributed by atoms with Gasteiger partial charge in [0.1, 0.15) is 24.4 Å². The van der Waals surface area contributed by atoms with Gasteiger partial charge in [0, 0.05) is 5.56 Å². The molecule has 0 saturated heterocycles. The molecule has 4 unspecified atom stereocenters. The minimum absolute atomic E-state index is 0.0430. The Morgan fingerprint density at radius 1 is 1.22 bits per heavy atom. The van der Waals surface area contributed by atoms with Crippen LogP contribution in [-0.2, 0) is 0 Å². The minimum atomic E-state index is -1.48. The van der Waals surface area contributed by atoms with Gasteiger partial charge < -0.3 is 29.9 Å². The summed E-state index contributed by atoms with van der Waals surface area (Å²) in [6.07, 6.45) is -2.99. The Kier molecular flexibility index (Phi) is 2.85. The van der Waals surface area contributed by atoms with Crippen molar-refractivity contribution in [2.75, 3.05) is 6.79 Å². The van der Waals surface area contributed by atoms with Gasteiger partial charge in [-0.25, -0.2) is 5.84 Å². The lowest BCUT2D eigenvalue weighted by Gasteiger charge is -2.43. The number of carbonyl (C=O) groups is 1. The average Bonchev–Trinajstić information content (AvgIpc) is 2.98. The van der Waals surface area contributed by atoms with Crippen molar-refractivity contribution in [3.63, 3.8) is 0 Å². The number of nitrogens with zero attached hydrogens (tertiary/aromatic N) is 1. The molecule has 0 aromatic heterocycles. The van der Waals surface area contributed by atoms with E-state index in [1.807, 2.05) is 0 Å². The quantitative estimate of drug-likeness (QED) is 0.281. The Balaban J connectivity index is 1.99. The monoisotopic (exact) mass is 322 g/mol. The van der Waals surface area contributed by atoms with E-state index in [1.165, 1.54) is 12.1 Å². The van der Waals surface area contributed by atoms with E-state index in [2.05, 4.69) is 0 Å². The molecule has 1 amide bonds. The standard InChI is InChI=1S/C14H14N2O7/c15-16-9-5(1-6(17)10(18)12(9)20)4-2-7-13(23-3-22-7)11(19)8(4)14(16)21/h1-2,6,9-10,12,17-20H,3,15H2. The van der Waals surface area contributed by atoms with Crippen LogP contribution in [-0.4, -0.2) is 62.5 Å². The largest absolute Gasteiger partial charge is 0.504 e. The number of aliphatic hydroxyl groups excluding tert-OH is 3. The second-order valence-corrected chi connectivity index (χ2v) is 5.63. The summed E-state index contributed by atoms with van der Waals surface area (Å²) in [6.45, 7) is -0.0985. The van der Waals surface area contributed by atoms with Crippen molar-refractivity contribution in [1.29, 1.82) is 0 Å². The molecule has 122 valence electrons. The van der Waals surface area contributed by atoms with E-state index in [0.717, 1.165) is 5.01 Å². The van der Waals surface area contributed by atoms with Crippen LogP contribution in [0.4, 0.5) is 0 Å². The number of amides is 1. The number of rotatable bonds is 0. The van der Waals surface area contributed by atoms with Crippen molar-refractivity contribution in [2.45, 2.75) is 24.4 Å². The molecule has 9 nitrogen and oxygen atoms in total. The molecule has 4 atom stereocenters. The number of hydrogen-bond acceptors (Lipinski definition) is 8. The molecule has 0 bridgehead atoms. The van der Waals surface area contributed by atoms with Gasteiger partial charge in [0.2, 0.25) is 12.5 Å². The first-order valence-corrected chi connectivity index (χ1v) is 6.92. The van der Waals surface area contributed by atoms with Crippen LogP contribution in [0.15, 0.2) is 12.1 Å². The van der Waals surface area contributed by atoms with Gasteiger partial charge in [0.25, 0.3) is 5.91 Å². The van der Waals surface area contributed by atoms with E-state index in [4.69, 9.17) is 15.3 Å². The van der Waals surface area contributed by atoms with Gasteiger partial charge in [0.05, 0.1) is 5.56 Å². The molecule has 4 rings (SSSR count). The number of ether oxygens (including phenoxy) is 2. The molecule has 1 aromatic carbocycles. The highest BCUT2D eigenvalue weighted by Crippen LogP contribution is 2.49. The lowest BCUT2D eigenvalue weighted by atomic mass is 9.79. The van der Waals surface area contributed by atoms with Crippen LogP contribution in [0.25, 0.3) is 5.57 Å². The van der Waals surface area contributed by atoms with E-state index in [0.29, 0.717) is 5.57 Å². The molecule has 1 aromatic rings. The summed E-state index contributed by atoms with van der Waals surface area (Å²) in [4.78, 5) is 12.5. The molecule has 1 aliphatic carbocycles. The third-order valence-electron chi connectivity index (χ3n) is 4.39. The molecule has 6 N–H and O–H groups in total. The molecule has 3 aliphatic rings. The Labute approximate surface area is 129 Å². The van der Waals surface area contributed by atoms with E-state index < -0.39 is 36.0 Å². The molecule has 0 saturated carbocycles. The molecule has 9 heteroatoms. The molecule has 2 aliphatic heterocycles. The summed E-state index contributed by atoms with van der Waals surface area (Å²) in [5.41, 5.74) is 0.490. The van der Waals surface area contributed by atoms with E-state index >= 15 is 0 Å². The maximum absolute atomic E-state index is 12.5. The van der Waals surface area contributed by atoms with Crippen LogP contribution in [0.3, 0.4) is 0 Å². The van der Waals surface area contributed by atoms with Crippen molar-refractivity contribution < 1.29 is 34.7 Å². The fraction of sp³-hybridized carbons (Fsp3) is 0.357. The van der Waals surface area contributed by atoms with Crippen LogP contribution >= 0.6 is 0 Å². The van der Waals surface area contributed by atoms with Gasteiger partial charge in [-0.15, -0.1) is 0 Å². The first-order chi connectivity index (χ1) is 10.9. The van der Waals surface area contributed by atoms with Gasteiger partial charge in [-0.3, -0.25) is 9.80 Å². The van der Waals surface area contributed by atoms with Gasteiger partial charge in [0.15, 0.2) is 11.5 Å². The van der Waals surface area contributed by atoms with E-state index in [9.17, 15) is 25.2 Å². The van der Waals surface area contributed by atoms with Gasteiger partial charge in [-0.05, 0) is 17.7 Å². The van der Waals surface area contributed by atoms with Gasteiger partial charge in [-0.1, -0.05) is 0 Å². The Hall–Kier alpha value is -2.33. The summed E-state index contributed by atoms with van der Waals surface area (Å²) in [6, 6.07) is 0.436. The molecule has 2 heterocycles. The summed E-state index contributed by atoms with van der Waals surface area (Å²) in [7, 11) is 0. The van der Waals surface area contributed by atoms with Gasteiger partial charge >= 0.3 is 0 Å². The molecular weight excluding hydrogens is 308 g/mol. The number of hydrazine groups is 1. The Bertz CT molecular complexity index is 747. The number of benzene rings is 1. The molecule has 0 fully saturated rings. The number of nitrogens with two attached hydrogens (primary N) is 1. The van der Waals surface area contributed by atoms with E-state index in [-0.39, 0.29) is 29.4 Å². The van der Waals surface area contributed by atoms with Crippen molar-refractivity contribution in [3.05, 3.63) is 23.3 Å². The maximum atomic E-state index is 12.5. The fourth-order valence-electron chi connectivity index (χ4n) is 3.24. The summed E-state index contributed by atoms with van der Waals surface area (Å²) < 4.78 is 10.4. The van der Waals surface area contributed by atoms with Crippen molar-refractivity contribution in [2.24, 2.45) is 5.84 Å². The van der Waals surface area contributed by atoms with Crippen molar-refractivity contribution in [1.82, 2.24) is 5.01 Å². The van der Waals surface area contributed by atoms with Crippen LogP contribution in [0.5, 0.6) is 17.2 Å². The number of aliphatic hydroxyl groups is 3. The number of hydrogen-bond donors (Lipinski definition) is 5. The topological polar surface area (TPSA) is 146 Å². The number of carbonyl (C=O) groups excluding carboxylic acids is 1. The zero-order valence-electron chi connectivity index (χ0n) is 11.7. The van der Waals surface area contributed by atoms with Crippen LogP contribution in [0.2, 0.25) is 0 Å². The normalized spacial score (nSPS) is 31.6. The fourth-order valence-corrected chi connectivity index (χ4v) is 3.24. The number of aromatic hydroxyl groups is 1. The summed E-state index contributed by atoms with van der Waals surface area (Å²) in [5.74, 6) is 4.91. The van der Waals surface area contributed by atoms with Crippen LogP contribution < -0.4 is 15.3 Å². The average molecular weight is 322 g/mol. The smallest absolute Gasteiger partial charge is 0.272 e.